The molecule has 0 aliphatic carbocycles. The lowest BCUT2D eigenvalue weighted by Gasteiger charge is -2.22. The van der Waals surface area contributed by atoms with Gasteiger partial charge in [0.1, 0.15) is 16.7 Å². The molecule has 0 saturated carbocycles. The lowest BCUT2D eigenvalue weighted by Crippen LogP contribution is -2.31. The second-order valence-electron chi connectivity index (χ2n) is 6.49. The molecular formula is C20H21N5O2S. The maximum absolute atomic E-state index is 13.2. The monoisotopic (exact) mass is 395 g/mol. The van der Waals surface area contributed by atoms with Crippen LogP contribution < -0.4 is 4.74 Å². The van der Waals surface area contributed by atoms with Crippen LogP contribution in [0.15, 0.2) is 59.8 Å². The number of thioether (sulfide) groups is 1. The molecule has 1 aliphatic rings. The Morgan fingerprint density at radius 2 is 1.79 bits per heavy atom. The van der Waals surface area contributed by atoms with Gasteiger partial charge < -0.3 is 9.64 Å². The quantitative estimate of drug-likeness (QED) is 0.597. The molecule has 0 bridgehead atoms. The number of nitrogens with zero attached hydrogens (tertiary/aromatic N) is 5. The van der Waals surface area contributed by atoms with E-state index in [0.29, 0.717) is 10.9 Å². The van der Waals surface area contributed by atoms with Crippen molar-refractivity contribution >= 4 is 17.7 Å². The molecule has 1 aliphatic heterocycles. The number of tetrazole rings is 1. The third-order valence-electron chi connectivity index (χ3n) is 4.72. The van der Waals surface area contributed by atoms with Crippen LogP contribution in [-0.2, 0) is 4.79 Å². The van der Waals surface area contributed by atoms with Gasteiger partial charge in [0.05, 0.1) is 7.11 Å². The molecule has 1 aromatic heterocycles. The normalized spacial score (nSPS) is 14.8. The largest absolute Gasteiger partial charge is 0.494 e. The summed E-state index contributed by atoms with van der Waals surface area (Å²) in [7, 11) is 1.61. The van der Waals surface area contributed by atoms with Crippen LogP contribution in [0.25, 0.3) is 5.69 Å². The number of hydrogen-bond acceptors (Lipinski definition) is 6. The highest BCUT2D eigenvalue weighted by molar-refractivity contribution is 8.00. The number of methoxy groups -OCH3 is 1. The molecular weight excluding hydrogens is 374 g/mol. The van der Waals surface area contributed by atoms with Gasteiger partial charge in [0.2, 0.25) is 11.1 Å². The van der Waals surface area contributed by atoms with E-state index in [2.05, 4.69) is 15.5 Å². The number of ether oxygens (including phenoxy) is 1. The third kappa shape index (κ3) is 3.73. The molecule has 144 valence electrons. The molecule has 7 nitrogen and oxygen atoms in total. The molecule has 1 atom stereocenters. The van der Waals surface area contributed by atoms with Crippen molar-refractivity contribution in [1.29, 1.82) is 0 Å². The van der Waals surface area contributed by atoms with E-state index < -0.39 is 5.25 Å². The number of amides is 1. The zero-order valence-electron chi connectivity index (χ0n) is 15.6. The average Bonchev–Trinajstić information content (AvgIpc) is 3.44. The number of likely N-dealkylation sites (tertiary alicyclic amines) is 1. The predicted octanol–water partition coefficient (Wildman–Crippen LogP) is 3.13. The molecule has 3 aromatic rings. The SMILES string of the molecule is COc1ccccc1-n1nnnc1S[C@H](C(=O)N1CCCC1)c1ccccc1. The second-order valence-corrected chi connectivity index (χ2v) is 7.56. The molecule has 0 spiro atoms. The van der Waals surface area contributed by atoms with E-state index in [1.807, 2.05) is 59.5 Å². The summed E-state index contributed by atoms with van der Waals surface area (Å²) < 4.78 is 7.06. The van der Waals surface area contributed by atoms with Crippen LogP contribution in [0.1, 0.15) is 23.7 Å². The third-order valence-corrected chi connectivity index (χ3v) is 5.90. The first kappa shape index (κ1) is 18.5. The summed E-state index contributed by atoms with van der Waals surface area (Å²) in [6.45, 7) is 1.61. The molecule has 2 aromatic carbocycles. The summed E-state index contributed by atoms with van der Waals surface area (Å²) in [6.07, 6.45) is 2.10. The van der Waals surface area contributed by atoms with Crippen molar-refractivity contribution in [2.75, 3.05) is 20.2 Å². The minimum atomic E-state index is -0.404. The fourth-order valence-electron chi connectivity index (χ4n) is 3.31. The Morgan fingerprint density at radius 1 is 1.07 bits per heavy atom. The van der Waals surface area contributed by atoms with Gasteiger partial charge in [0, 0.05) is 13.1 Å². The molecule has 2 heterocycles. The van der Waals surface area contributed by atoms with Gasteiger partial charge in [-0.05, 0) is 41.0 Å². The van der Waals surface area contributed by atoms with Crippen LogP contribution in [0.3, 0.4) is 0 Å². The van der Waals surface area contributed by atoms with Gasteiger partial charge in [0.15, 0.2) is 0 Å². The first-order valence-electron chi connectivity index (χ1n) is 9.20. The Kier molecular flexibility index (Phi) is 5.57. The van der Waals surface area contributed by atoms with Crippen molar-refractivity contribution in [1.82, 2.24) is 25.1 Å². The fourth-order valence-corrected chi connectivity index (χ4v) is 4.38. The number of para-hydroxylation sites is 2. The van der Waals surface area contributed by atoms with E-state index >= 15 is 0 Å². The summed E-state index contributed by atoms with van der Waals surface area (Å²) in [5.41, 5.74) is 1.68. The van der Waals surface area contributed by atoms with Crippen molar-refractivity contribution in [3.63, 3.8) is 0 Å². The lowest BCUT2D eigenvalue weighted by molar-refractivity contribution is -0.129. The molecule has 0 N–H and O–H groups in total. The number of carbonyl (C=O) groups excluding carboxylic acids is 1. The van der Waals surface area contributed by atoms with Gasteiger partial charge >= 0.3 is 0 Å². The number of rotatable bonds is 6. The fraction of sp³-hybridized carbons (Fsp3) is 0.300. The molecule has 4 rings (SSSR count). The molecule has 1 fully saturated rings. The predicted molar refractivity (Wildman–Crippen MR) is 107 cm³/mol. The maximum atomic E-state index is 13.2. The van der Waals surface area contributed by atoms with Crippen LogP contribution in [-0.4, -0.2) is 51.2 Å². The highest BCUT2D eigenvalue weighted by Crippen LogP contribution is 2.37. The van der Waals surface area contributed by atoms with E-state index in [4.69, 9.17) is 4.74 Å². The Bertz CT molecular complexity index is 941. The topological polar surface area (TPSA) is 73.1 Å². The van der Waals surface area contributed by atoms with E-state index in [-0.39, 0.29) is 5.91 Å². The number of benzene rings is 2. The minimum absolute atomic E-state index is 0.100. The zero-order valence-corrected chi connectivity index (χ0v) is 16.4. The maximum Gasteiger partial charge on any atom is 0.240 e. The number of aromatic nitrogens is 4. The van der Waals surface area contributed by atoms with E-state index in [1.165, 1.54) is 11.8 Å². The summed E-state index contributed by atoms with van der Waals surface area (Å²) in [6, 6.07) is 17.3. The number of carbonyl (C=O) groups is 1. The highest BCUT2D eigenvalue weighted by Gasteiger charge is 2.30. The van der Waals surface area contributed by atoms with Crippen LogP contribution in [0.4, 0.5) is 0 Å². The van der Waals surface area contributed by atoms with Crippen molar-refractivity contribution in [2.45, 2.75) is 23.2 Å². The molecule has 0 radical (unpaired) electrons. The Hall–Kier alpha value is -2.87. The first-order chi connectivity index (χ1) is 13.8. The van der Waals surface area contributed by atoms with E-state index in [1.54, 1.807) is 11.8 Å². The minimum Gasteiger partial charge on any atom is -0.494 e. The van der Waals surface area contributed by atoms with Gasteiger partial charge in [-0.2, -0.15) is 4.68 Å². The van der Waals surface area contributed by atoms with E-state index in [9.17, 15) is 4.79 Å². The van der Waals surface area contributed by atoms with Gasteiger partial charge in [-0.25, -0.2) is 0 Å². The lowest BCUT2D eigenvalue weighted by atomic mass is 10.1. The summed E-state index contributed by atoms with van der Waals surface area (Å²) in [5.74, 6) is 0.766. The standard InChI is InChI=1S/C20H21N5O2S/c1-27-17-12-6-5-11-16(17)25-20(21-22-23-25)28-18(15-9-3-2-4-10-15)19(26)24-13-7-8-14-24/h2-6,9-12,18H,7-8,13-14H2,1H3/t18-/m0/s1. The highest BCUT2D eigenvalue weighted by atomic mass is 32.2. The van der Waals surface area contributed by atoms with Gasteiger partial charge in [-0.1, -0.05) is 54.2 Å². The second kappa shape index (κ2) is 8.43. The Morgan fingerprint density at radius 3 is 2.54 bits per heavy atom. The van der Waals surface area contributed by atoms with Crippen molar-refractivity contribution < 1.29 is 9.53 Å². The van der Waals surface area contributed by atoms with Gasteiger partial charge in [-0.3, -0.25) is 4.79 Å². The van der Waals surface area contributed by atoms with Crippen LogP contribution in [0, 0.1) is 0 Å². The molecule has 28 heavy (non-hydrogen) atoms. The summed E-state index contributed by atoms with van der Waals surface area (Å²) >= 11 is 1.36. The summed E-state index contributed by atoms with van der Waals surface area (Å²) in [4.78, 5) is 15.2. The van der Waals surface area contributed by atoms with Gasteiger partial charge in [-0.15, -0.1) is 5.10 Å². The smallest absolute Gasteiger partial charge is 0.240 e. The van der Waals surface area contributed by atoms with Crippen LogP contribution in [0.2, 0.25) is 0 Å². The molecule has 1 amide bonds. The van der Waals surface area contributed by atoms with Crippen molar-refractivity contribution in [2.24, 2.45) is 0 Å². The molecule has 0 unspecified atom stereocenters. The van der Waals surface area contributed by atoms with Gasteiger partial charge in [0.25, 0.3) is 0 Å². The van der Waals surface area contributed by atoms with E-state index in [0.717, 1.165) is 37.2 Å². The summed E-state index contributed by atoms with van der Waals surface area (Å²) in [5, 5.41) is 12.3. The molecule has 8 heteroatoms. The van der Waals surface area contributed by atoms with Crippen LogP contribution >= 0.6 is 11.8 Å². The van der Waals surface area contributed by atoms with Crippen LogP contribution in [0.5, 0.6) is 5.75 Å². The Labute approximate surface area is 167 Å². The first-order valence-corrected chi connectivity index (χ1v) is 10.1. The Balaban J connectivity index is 1.68. The molecule has 1 saturated heterocycles. The average molecular weight is 395 g/mol. The number of hydrogen-bond donors (Lipinski definition) is 0. The van der Waals surface area contributed by atoms with Crippen molar-refractivity contribution in [3.8, 4) is 11.4 Å². The zero-order chi connectivity index (χ0) is 19.3. The van der Waals surface area contributed by atoms with Crippen molar-refractivity contribution in [3.05, 3.63) is 60.2 Å².